The number of aliphatic hydroxyl groups excluding tert-OH is 2. The van der Waals surface area contributed by atoms with Gasteiger partial charge in [0.15, 0.2) is 0 Å². The Kier molecular flexibility index (Phi) is 46.1. The molecule has 2 N–H and O–H groups in total. The first-order chi connectivity index (χ1) is 12.2. The molecule has 0 aromatic carbocycles. The van der Waals surface area contributed by atoms with Crippen LogP contribution >= 0.6 is 31.3 Å². The molecular formula is C6H8Na8O18P4. The number of aliphatic hydroxyl groups is 2. The predicted octanol–water partition coefficient (Wildman–Crippen LogP) is -32.4. The first kappa shape index (κ1) is 63.1. The molecule has 0 heterocycles. The Hall–Kier alpha value is 8.36. The molecule has 0 aliphatic heterocycles. The second kappa shape index (κ2) is 26.3. The van der Waals surface area contributed by atoms with E-state index in [0.717, 1.165) is 0 Å². The van der Waals surface area contributed by atoms with Crippen LogP contribution in [-0.2, 0) is 36.4 Å². The molecule has 2 unspecified atom stereocenters. The van der Waals surface area contributed by atoms with E-state index >= 15 is 0 Å². The number of rotatable bonds is 8. The molecule has 0 spiro atoms. The van der Waals surface area contributed by atoms with Crippen molar-refractivity contribution >= 4 is 31.3 Å². The largest absolute Gasteiger partial charge is 1.00 e. The fraction of sp³-hybridized carbons (Fsp3) is 1.00. The zero-order valence-corrected chi connectivity index (χ0v) is 40.3. The minimum absolute atomic E-state index is 0. The van der Waals surface area contributed by atoms with E-state index in [4.69, 9.17) is 0 Å². The molecule has 1 aliphatic rings. The van der Waals surface area contributed by atoms with Crippen molar-refractivity contribution in [3.63, 3.8) is 0 Å². The topological polar surface area (TPSA) is 330 Å². The van der Waals surface area contributed by atoms with E-state index in [0.29, 0.717) is 0 Å². The molecule has 0 amide bonds. The van der Waals surface area contributed by atoms with Crippen molar-refractivity contribution in [3.8, 4) is 0 Å². The predicted molar refractivity (Wildman–Crippen MR) is 61.9 cm³/mol. The summed E-state index contributed by atoms with van der Waals surface area (Å²) >= 11 is 0. The molecule has 0 aromatic rings. The average molecular weight is 676 g/mol. The fourth-order valence-electron chi connectivity index (χ4n) is 2.24. The second-order valence-corrected chi connectivity index (χ2v) is 9.47. The summed E-state index contributed by atoms with van der Waals surface area (Å²) in [4.78, 5) is 86.1. The smallest absolute Gasteiger partial charge is 0.790 e. The van der Waals surface area contributed by atoms with Gasteiger partial charge in [0, 0.05) is 0 Å². The van der Waals surface area contributed by atoms with Gasteiger partial charge in [-0.2, -0.15) is 0 Å². The van der Waals surface area contributed by atoms with Crippen molar-refractivity contribution in [2.75, 3.05) is 0 Å². The van der Waals surface area contributed by atoms with E-state index < -0.39 is 67.9 Å². The Morgan fingerprint density at radius 2 is 0.556 bits per heavy atom. The van der Waals surface area contributed by atoms with Crippen LogP contribution in [0.1, 0.15) is 0 Å². The normalized spacial score (nSPS) is 25.7. The van der Waals surface area contributed by atoms with Crippen molar-refractivity contribution in [3.05, 3.63) is 0 Å². The summed E-state index contributed by atoms with van der Waals surface area (Å²) in [6, 6.07) is 0. The van der Waals surface area contributed by atoms with Crippen molar-refractivity contribution in [1.82, 2.24) is 0 Å². The van der Waals surface area contributed by atoms with E-state index in [2.05, 4.69) is 18.1 Å². The Labute approximate surface area is 381 Å². The van der Waals surface area contributed by atoms with Crippen LogP contribution in [0.25, 0.3) is 0 Å². The van der Waals surface area contributed by atoms with E-state index in [9.17, 15) is 67.6 Å². The number of phosphoric acid groups is 4. The molecule has 168 valence electrons. The summed E-state index contributed by atoms with van der Waals surface area (Å²) in [7, 11) is -24.8. The molecular weight excluding hydrogens is 668 g/mol. The minimum Gasteiger partial charge on any atom is -0.790 e. The van der Waals surface area contributed by atoms with Gasteiger partial charge in [0.2, 0.25) is 0 Å². The number of phosphoric ester groups is 4. The van der Waals surface area contributed by atoms with Crippen LogP contribution < -0.4 is 276 Å². The maximum Gasteiger partial charge on any atom is 1.00 e. The van der Waals surface area contributed by atoms with Crippen LogP contribution in [0, 0.1) is 0 Å². The average Bonchev–Trinajstić information content (AvgIpc) is 2.39. The Morgan fingerprint density at radius 3 is 0.750 bits per heavy atom. The standard InChI is InChI=1S/C6H16O18P4.8Na/c7-1-3(21-25(9,10)11)2(8)5(23-27(15,16)17)6(24-28(18,19)20)4(1)22-26(12,13)14;;;;;;;;/h1-8H,(H2,9,10,11)(H2,12,13,14)(H2,15,16,17)(H2,18,19,20);;;;;;;;/q;8*+1/p-8/t1-,2+,3?,4-,5-,6?;;;;;;;;/m1......../s1. The molecule has 6 atom stereocenters. The third kappa shape index (κ3) is 26.4. The molecule has 1 saturated carbocycles. The van der Waals surface area contributed by atoms with Gasteiger partial charge >= 0.3 is 236 Å². The third-order valence-electron chi connectivity index (χ3n) is 3.00. The zero-order valence-electron chi connectivity index (χ0n) is 20.7. The van der Waals surface area contributed by atoms with Crippen LogP contribution in [0.15, 0.2) is 0 Å². The molecule has 1 rings (SSSR count). The Bertz CT molecular complexity index is 716. The van der Waals surface area contributed by atoms with Gasteiger partial charge in [-0.1, -0.05) is 0 Å². The van der Waals surface area contributed by atoms with E-state index in [-0.39, 0.29) is 236 Å². The monoisotopic (exact) mass is 676 g/mol. The number of hydrogen-bond donors (Lipinski definition) is 2. The number of hydrogen-bond acceptors (Lipinski definition) is 18. The summed E-state index contributed by atoms with van der Waals surface area (Å²) in [5, 5.41) is 19.7. The van der Waals surface area contributed by atoms with Crippen molar-refractivity contribution in [2.45, 2.75) is 36.6 Å². The summed E-state index contributed by atoms with van der Waals surface area (Å²) in [6.07, 6.45) is -17.6. The maximum atomic E-state index is 10.8. The van der Waals surface area contributed by atoms with Crippen LogP contribution in [0.5, 0.6) is 0 Å². The van der Waals surface area contributed by atoms with Gasteiger partial charge in [0.1, 0.15) is 36.6 Å². The van der Waals surface area contributed by atoms with Gasteiger partial charge in [-0.15, -0.1) is 0 Å². The van der Waals surface area contributed by atoms with Crippen molar-refractivity contribution in [2.24, 2.45) is 0 Å². The van der Waals surface area contributed by atoms with Crippen molar-refractivity contribution in [1.29, 1.82) is 0 Å². The first-order valence-electron chi connectivity index (χ1n) is 6.38. The third-order valence-corrected chi connectivity index (χ3v) is 5.00. The van der Waals surface area contributed by atoms with Crippen LogP contribution in [-0.4, -0.2) is 46.8 Å². The summed E-state index contributed by atoms with van der Waals surface area (Å²) in [6.45, 7) is 0. The van der Waals surface area contributed by atoms with E-state index in [1.807, 2.05) is 0 Å². The van der Waals surface area contributed by atoms with Gasteiger partial charge in [0.05, 0.1) is 31.3 Å². The summed E-state index contributed by atoms with van der Waals surface area (Å²) < 4.78 is 57.8. The second-order valence-electron chi connectivity index (χ2n) is 5.05. The van der Waals surface area contributed by atoms with Crippen LogP contribution in [0.3, 0.4) is 0 Å². The van der Waals surface area contributed by atoms with Crippen LogP contribution in [0.4, 0.5) is 0 Å². The molecule has 0 radical (unpaired) electrons. The van der Waals surface area contributed by atoms with Gasteiger partial charge in [0.25, 0.3) is 0 Å². The molecule has 30 heteroatoms. The van der Waals surface area contributed by atoms with Gasteiger partial charge < -0.3 is 85.7 Å². The molecule has 0 aromatic heterocycles. The molecule has 0 bridgehead atoms. The SMILES string of the molecule is O=P([O-])([O-])OC1[C@@H](O)[C@@H](OP(=O)([O-])[O-])C(OP(=O)([O-])[O-])[C@H](OP(=O)([O-])[O-])[C@H]1O.[Na+].[Na+].[Na+].[Na+].[Na+].[Na+].[Na+].[Na+]. The quantitative estimate of drug-likeness (QED) is 0.178. The van der Waals surface area contributed by atoms with Gasteiger partial charge in [-0.25, -0.2) is 0 Å². The maximum absolute atomic E-state index is 10.8. The van der Waals surface area contributed by atoms with Gasteiger partial charge in [-0.3, -0.25) is 0 Å². The molecule has 1 aliphatic carbocycles. The van der Waals surface area contributed by atoms with Gasteiger partial charge in [-0.05, 0) is 0 Å². The van der Waals surface area contributed by atoms with Crippen LogP contribution in [0.2, 0.25) is 0 Å². The Morgan fingerprint density at radius 1 is 0.389 bits per heavy atom. The molecule has 1 fully saturated rings. The van der Waals surface area contributed by atoms with E-state index in [1.54, 1.807) is 0 Å². The molecule has 0 saturated heterocycles. The Balaban J connectivity index is -0.000000163. The molecule has 18 nitrogen and oxygen atoms in total. The van der Waals surface area contributed by atoms with E-state index in [1.165, 1.54) is 0 Å². The first-order valence-corrected chi connectivity index (χ1v) is 12.2. The summed E-state index contributed by atoms with van der Waals surface area (Å²) in [5.74, 6) is 0. The minimum atomic E-state index is -6.24. The van der Waals surface area contributed by atoms with Crippen molar-refractivity contribution < 1.29 is 322 Å². The summed E-state index contributed by atoms with van der Waals surface area (Å²) in [5.41, 5.74) is 0. The fourth-order valence-corrected chi connectivity index (χ4v) is 4.41. The zero-order chi connectivity index (χ0) is 22.3. The molecule has 36 heavy (non-hydrogen) atoms.